The second-order valence-electron chi connectivity index (χ2n) is 8.63. The predicted octanol–water partition coefficient (Wildman–Crippen LogP) is 2.69. The molecule has 3 aromatic rings. The summed E-state index contributed by atoms with van der Waals surface area (Å²) in [6.45, 7) is 0.619. The van der Waals surface area contributed by atoms with Gasteiger partial charge in [0.05, 0.1) is 16.3 Å². The quantitative estimate of drug-likeness (QED) is 0.550. The fraction of sp³-hybridized carbons (Fsp3) is 0.391. The summed E-state index contributed by atoms with van der Waals surface area (Å²) in [6, 6.07) is 13.9. The number of nitrogens with one attached hydrogen (secondary N) is 1. The van der Waals surface area contributed by atoms with Crippen molar-refractivity contribution < 1.29 is 16.8 Å². The van der Waals surface area contributed by atoms with Crippen LogP contribution in [0, 0.1) is 0 Å². The van der Waals surface area contributed by atoms with E-state index in [9.17, 15) is 16.8 Å². The van der Waals surface area contributed by atoms with E-state index in [2.05, 4.69) is 4.72 Å². The van der Waals surface area contributed by atoms with Gasteiger partial charge in [-0.1, -0.05) is 18.2 Å². The molecule has 0 amide bonds. The number of aryl methyl sites for hydroxylation is 1. The van der Waals surface area contributed by atoms with Crippen LogP contribution in [0.1, 0.15) is 24.4 Å². The van der Waals surface area contributed by atoms with Crippen LogP contribution in [0.4, 0.5) is 5.69 Å². The number of benzene rings is 2. The van der Waals surface area contributed by atoms with Crippen LogP contribution in [0.2, 0.25) is 0 Å². The molecule has 1 aliphatic rings. The lowest BCUT2D eigenvalue weighted by atomic mass is 10.1. The maximum Gasteiger partial charge on any atom is 0.240 e. The minimum Gasteiger partial charge on any atom is -0.350 e. The van der Waals surface area contributed by atoms with Crippen LogP contribution in [-0.2, 0) is 27.1 Å². The molecule has 1 saturated heterocycles. The molecule has 0 bridgehead atoms. The molecule has 1 aromatic heterocycles. The number of rotatable bonds is 7. The molecule has 4 rings (SSSR count). The van der Waals surface area contributed by atoms with Crippen molar-refractivity contribution in [3.8, 4) is 0 Å². The van der Waals surface area contributed by atoms with Crippen molar-refractivity contribution in [2.75, 3.05) is 37.2 Å². The minimum absolute atomic E-state index is 0.107. The maximum atomic E-state index is 13.0. The highest BCUT2D eigenvalue weighted by Gasteiger charge is 2.27. The number of para-hydroxylation sites is 1. The zero-order valence-electron chi connectivity index (χ0n) is 19.1. The third-order valence-electron chi connectivity index (χ3n) is 6.16. The standard InChI is InChI=1S/C23H30N4O4S2/c1-25(2)23(21-17-26(3)22-9-5-4-8-20(21)22)16-24-33(30,31)19-12-10-18(11-13-19)27-14-6-7-15-32(27,28)29/h4-5,8-13,17,23-24H,6-7,14-16H2,1-3H3/t23-/m0/s1. The first-order valence-electron chi connectivity index (χ1n) is 10.9. The molecular formula is C23H30N4O4S2. The Morgan fingerprint density at radius 1 is 1.06 bits per heavy atom. The van der Waals surface area contributed by atoms with Gasteiger partial charge >= 0.3 is 0 Å². The first-order chi connectivity index (χ1) is 15.6. The molecule has 2 heterocycles. The van der Waals surface area contributed by atoms with Crippen molar-refractivity contribution >= 4 is 36.6 Å². The number of fused-ring (bicyclic) bond motifs is 1. The largest absolute Gasteiger partial charge is 0.350 e. The molecule has 0 radical (unpaired) electrons. The number of anilines is 1. The zero-order chi connectivity index (χ0) is 23.8. The Balaban J connectivity index is 1.54. The average Bonchev–Trinajstić information content (AvgIpc) is 3.10. The van der Waals surface area contributed by atoms with Gasteiger partial charge in [-0.05, 0) is 62.8 Å². The van der Waals surface area contributed by atoms with E-state index in [4.69, 9.17) is 0 Å². The Morgan fingerprint density at radius 2 is 1.76 bits per heavy atom. The summed E-state index contributed by atoms with van der Waals surface area (Å²) in [7, 11) is -1.28. The van der Waals surface area contributed by atoms with Gasteiger partial charge in [-0.2, -0.15) is 0 Å². The van der Waals surface area contributed by atoms with Gasteiger partial charge in [0, 0.05) is 43.3 Å². The summed E-state index contributed by atoms with van der Waals surface area (Å²) in [5.74, 6) is 0.120. The van der Waals surface area contributed by atoms with Crippen LogP contribution in [0.25, 0.3) is 10.9 Å². The molecule has 1 atom stereocenters. The Morgan fingerprint density at radius 3 is 2.42 bits per heavy atom. The molecule has 178 valence electrons. The van der Waals surface area contributed by atoms with Gasteiger partial charge in [-0.3, -0.25) is 4.31 Å². The van der Waals surface area contributed by atoms with Gasteiger partial charge in [0.1, 0.15) is 0 Å². The summed E-state index contributed by atoms with van der Waals surface area (Å²) >= 11 is 0. The second-order valence-corrected chi connectivity index (χ2v) is 12.4. The van der Waals surface area contributed by atoms with Crippen LogP contribution in [0.15, 0.2) is 59.6 Å². The molecule has 2 aromatic carbocycles. The minimum atomic E-state index is -3.77. The SMILES string of the molecule is CN(C)[C@@H](CNS(=O)(=O)c1ccc(N2CCCCS2(=O)=O)cc1)c1cn(C)c2ccccc12. The van der Waals surface area contributed by atoms with Gasteiger partial charge in [0.15, 0.2) is 0 Å². The molecule has 10 heteroatoms. The lowest BCUT2D eigenvalue weighted by molar-refractivity contribution is 0.301. The Labute approximate surface area is 195 Å². The van der Waals surface area contributed by atoms with E-state index in [1.807, 2.05) is 61.1 Å². The van der Waals surface area contributed by atoms with Crippen molar-refractivity contribution in [3.63, 3.8) is 0 Å². The van der Waals surface area contributed by atoms with Crippen molar-refractivity contribution in [3.05, 3.63) is 60.3 Å². The Kier molecular flexibility index (Phi) is 6.54. The van der Waals surface area contributed by atoms with Crippen LogP contribution >= 0.6 is 0 Å². The average molecular weight is 491 g/mol. The van der Waals surface area contributed by atoms with Crippen molar-refractivity contribution in [2.45, 2.75) is 23.8 Å². The van der Waals surface area contributed by atoms with E-state index in [0.717, 1.165) is 22.9 Å². The summed E-state index contributed by atoms with van der Waals surface area (Å²) in [5, 5.41) is 1.09. The molecule has 1 aliphatic heterocycles. The molecular weight excluding hydrogens is 460 g/mol. The van der Waals surface area contributed by atoms with Crippen LogP contribution in [0.3, 0.4) is 0 Å². The third kappa shape index (κ3) is 4.79. The molecule has 0 spiro atoms. The normalized spacial score (nSPS) is 17.5. The van der Waals surface area contributed by atoms with E-state index in [1.165, 1.54) is 16.4 Å². The summed E-state index contributed by atoms with van der Waals surface area (Å²) < 4.78 is 56.8. The Hall–Kier alpha value is -2.40. The fourth-order valence-corrected chi connectivity index (χ4v) is 7.03. The van der Waals surface area contributed by atoms with Gasteiger partial charge < -0.3 is 9.47 Å². The molecule has 1 N–H and O–H groups in total. The van der Waals surface area contributed by atoms with E-state index in [1.54, 1.807) is 12.1 Å². The number of hydrogen-bond acceptors (Lipinski definition) is 5. The maximum absolute atomic E-state index is 13.0. The number of likely N-dealkylation sites (N-methyl/N-ethyl adjacent to an activating group) is 1. The van der Waals surface area contributed by atoms with E-state index in [-0.39, 0.29) is 23.2 Å². The van der Waals surface area contributed by atoms with Crippen molar-refractivity contribution in [1.82, 2.24) is 14.2 Å². The number of nitrogens with zero attached hydrogens (tertiary/aromatic N) is 3. The monoisotopic (exact) mass is 490 g/mol. The highest BCUT2D eigenvalue weighted by Crippen LogP contribution is 2.29. The van der Waals surface area contributed by atoms with Crippen LogP contribution in [-0.4, -0.2) is 59.2 Å². The summed E-state index contributed by atoms with van der Waals surface area (Å²) in [6.07, 6.45) is 3.48. The number of hydrogen-bond donors (Lipinski definition) is 1. The summed E-state index contributed by atoms with van der Waals surface area (Å²) in [4.78, 5) is 2.10. The van der Waals surface area contributed by atoms with E-state index >= 15 is 0 Å². The third-order valence-corrected chi connectivity index (χ3v) is 9.47. The topological polar surface area (TPSA) is 91.7 Å². The first kappa shape index (κ1) is 23.7. The molecule has 1 fully saturated rings. The van der Waals surface area contributed by atoms with Gasteiger partial charge in [-0.25, -0.2) is 21.6 Å². The van der Waals surface area contributed by atoms with Crippen molar-refractivity contribution in [2.24, 2.45) is 7.05 Å². The lowest BCUT2D eigenvalue weighted by Crippen LogP contribution is -2.37. The first-order valence-corrected chi connectivity index (χ1v) is 14.0. The van der Waals surface area contributed by atoms with Gasteiger partial charge in [0.2, 0.25) is 20.0 Å². The van der Waals surface area contributed by atoms with E-state index < -0.39 is 20.0 Å². The van der Waals surface area contributed by atoms with Crippen LogP contribution < -0.4 is 9.03 Å². The predicted molar refractivity (Wildman–Crippen MR) is 131 cm³/mol. The fourth-order valence-electron chi connectivity index (χ4n) is 4.35. The number of aromatic nitrogens is 1. The molecule has 0 aliphatic carbocycles. The van der Waals surface area contributed by atoms with Crippen molar-refractivity contribution in [1.29, 1.82) is 0 Å². The zero-order valence-corrected chi connectivity index (χ0v) is 20.7. The molecule has 33 heavy (non-hydrogen) atoms. The number of sulfonamides is 2. The highest BCUT2D eigenvalue weighted by atomic mass is 32.2. The second kappa shape index (κ2) is 9.09. The van der Waals surface area contributed by atoms with E-state index in [0.29, 0.717) is 18.7 Å². The lowest BCUT2D eigenvalue weighted by Gasteiger charge is -2.28. The molecule has 0 saturated carbocycles. The molecule has 0 unspecified atom stereocenters. The molecule has 8 nitrogen and oxygen atoms in total. The summed E-state index contributed by atoms with van der Waals surface area (Å²) in [5.41, 5.74) is 2.63. The van der Waals surface area contributed by atoms with Gasteiger partial charge in [0.25, 0.3) is 0 Å². The van der Waals surface area contributed by atoms with Gasteiger partial charge in [-0.15, -0.1) is 0 Å². The van der Waals surface area contributed by atoms with Crippen LogP contribution in [0.5, 0.6) is 0 Å². The highest BCUT2D eigenvalue weighted by molar-refractivity contribution is 7.92. The smallest absolute Gasteiger partial charge is 0.240 e. The Bertz CT molecular complexity index is 1350.